The molecule has 3 heterocycles. The first kappa shape index (κ1) is 27.6. The molecule has 0 bridgehead atoms. The van der Waals surface area contributed by atoms with E-state index in [2.05, 4.69) is 19.9 Å². The Balaban J connectivity index is 1.74. The van der Waals surface area contributed by atoms with Crippen LogP contribution >= 0.6 is 34.5 Å². The van der Waals surface area contributed by atoms with Crippen LogP contribution in [0.4, 0.5) is 15.0 Å². The highest BCUT2D eigenvalue weighted by Crippen LogP contribution is 2.39. The fourth-order valence-corrected chi connectivity index (χ4v) is 5.87. The van der Waals surface area contributed by atoms with E-state index in [0.29, 0.717) is 16.1 Å². The third kappa shape index (κ3) is 5.55. The van der Waals surface area contributed by atoms with Gasteiger partial charge in [-0.3, -0.25) is 0 Å². The predicted octanol–water partition coefficient (Wildman–Crippen LogP) is 6.40. The lowest BCUT2D eigenvalue weighted by atomic mass is 9.98. The number of rotatable bonds is 6. The lowest BCUT2D eigenvalue weighted by Gasteiger charge is -2.19. The minimum absolute atomic E-state index is 0.00460. The molecule has 0 radical (unpaired) electrons. The number of carbonyl (C=O) groups is 1. The standard InChI is InChI=1S/C23H18Cl2FN5O5S2/c1-23(2,3)21-30-20(10-37-21)31(22(32)33)38(34,35)18-5-14(24)16(6-15(18)26)36-17-9-29-19(25)4-13(17)12-7-27-11-28-8-12/h4-11H,1-3H3,(H,32,33). The van der Waals surface area contributed by atoms with E-state index in [0.717, 1.165) is 23.5 Å². The van der Waals surface area contributed by atoms with Gasteiger partial charge in [0.25, 0.3) is 10.0 Å². The van der Waals surface area contributed by atoms with Crippen LogP contribution in [0.15, 0.2) is 53.4 Å². The molecule has 0 aliphatic rings. The molecule has 0 atom stereocenters. The second kappa shape index (κ2) is 10.4. The first-order valence-corrected chi connectivity index (χ1v) is 13.7. The number of pyridine rings is 1. The molecule has 38 heavy (non-hydrogen) atoms. The zero-order valence-electron chi connectivity index (χ0n) is 19.9. The van der Waals surface area contributed by atoms with Gasteiger partial charge in [-0.05, 0) is 12.1 Å². The van der Waals surface area contributed by atoms with Crippen molar-refractivity contribution in [1.82, 2.24) is 19.9 Å². The summed E-state index contributed by atoms with van der Waals surface area (Å²) in [5, 5.41) is 11.3. The Morgan fingerprint density at radius 1 is 1.11 bits per heavy atom. The van der Waals surface area contributed by atoms with Gasteiger partial charge in [-0.15, -0.1) is 15.6 Å². The molecule has 0 unspecified atom stereocenters. The summed E-state index contributed by atoms with van der Waals surface area (Å²) in [6.07, 6.45) is 3.72. The molecular formula is C23H18Cl2FN5O5S2. The molecule has 1 amide bonds. The molecule has 0 aliphatic heterocycles. The molecule has 15 heteroatoms. The average Bonchev–Trinajstić information content (AvgIpc) is 3.32. The third-order valence-electron chi connectivity index (χ3n) is 4.95. The van der Waals surface area contributed by atoms with Crippen LogP contribution in [0.2, 0.25) is 10.2 Å². The summed E-state index contributed by atoms with van der Waals surface area (Å²) in [5.41, 5.74) is 0.456. The van der Waals surface area contributed by atoms with Gasteiger partial charge in [-0.1, -0.05) is 44.0 Å². The Kier molecular flexibility index (Phi) is 7.57. The van der Waals surface area contributed by atoms with Crippen molar-refractivity contribution in [2.45, 2.75) is 31.1 Å². The van der Waals surface area contributed by atoms with Crippen LogP contribution in [0, 0.1) is 5.82 Å². The van der Waals surface area contributed by atoms with E-state index < -0.39 is 32.2 Å². The number of amides is 1. The van der Waals surface area contributed by atoms with E-state index in [1.165, 1.54) is 36.4 Å². The van der Waals surface area contributed by atoms with Crippen LogP contribution in [0.25, 0.3) is 11.1 Å². The summed E-state index contributed by atoms with van der Waals surface area (Å²) in [6, 6.07) is 2.98. The number of ether oxygens (including phenoxy) is 1. The van der Waals surface area contributed by atoms with Crippen molar-refractivity contribution in [2.75, 3.05) is 4.31 Å². The molecule has 0 saturated carbocycles. The van der Waals surface area contributed by atoms with E-state index in [1.54, 1.807) is 0 Å². The van der Waals surface area contributed by atoms with Gasteiger partial charge in [0.1, 0.15) is 33.0 Å². The predicted molar refractivity (Wildman–Crippen MR) is 140 cm³/mol. The molecule has 4 aromatic rings. The number of sulfonamides is 1. The molecule has 3 aromatic heterocycles. The van der Waals surface area contributed by atoms with Crippen LogP contribution < -0.4 is 9.04 Å². The van der Waals surface area contributed by atoms with Gasteiger partial charge in [0.15, 0.2) is 11.6 Å². The summed E-state index contributed by atoms with van der Waals surface area (Å²) >= 11 is 13.4. The maximum absolute atomic E-state index is 15.2. The van der Waals surface area contributed by atoms with E-state index in [4.69, 9.17) is 27.9 Å². The first-order chi connectivity index (χ1) is 17.8. The molecule has 0 fully saturated rings. The minimum Gasteiger partial charge on any atom is -0.464 e. The second-order valence-electron chi connectivity index (χ2n) is 8.76. The Hall–Kier alpha value is -3.39. The molecule has 1 N–H and O–H groups in total. The Bertz CT molecular complexity index is 1630. The van der Waals surface area contributed by atoms with Gasteiger partial charge >= 0.3 is 6.09 Å². The van der Waals surface area contributed by atoms with Gasteiger partial charge in [-0.2, -0.15) is 0 Å². The first-order valence-electron chi connectivity index (χ1n) is 10.6. The number of hydrogen-bond donors (Lipinski definition) is 1. The van der Waals surface area contributed by atoms with E-state index in [9.17, 15) is 18.3 Å². The highest BCUT2D eigenvalue weighted by atomic mass is 35.5. The highest BCUT2D eigenvalue weighted by Gasteiger charge is 2.36. The Morgan fingerprint density at radius 2 is 1.79 bits per heavy atom. The number of hydrogen-bond acceptors (Lipinski definition) is 9. The molecule has 0 spiro atoms. The van der Waals surface area contributed by atoms with Gasteiger partial charge in [0.05, 0.1) is 11.2 Å². The van der Waals surface area contributed by atoms with Crippen LogP contribution in [0.3, 0.4) is 0 Å². The summed E-state index contributed by atoms with van der Waals surface area (Å²) < 4.78 is 47.6. The monoisotopic (exact) mass is 597 g/mol. The minimum atomic E-state index is -4.97. The van der Waals surface area contributed by atoms with Crippen molar-refractivity contribution < 1.29 is 27.4 Å². The van der Waals surface area contributed by atoms with E-state index in [1.807, 2.05) is 20.8 Å². The largest absolute Gasteiger partial charge is 0.464 e. The topological polar surface area (TPSA) is 135 Å². The molecule has 0 saturated heterocycles. The summed E-state index contributed by atoms with van der Waals surface area (Å²) in [4.78, 5) is 27.0. The lowest BCUT2D eigenvalue weighted by molar-refractivity contribution is 0.206. The van der Waals surface area contributed by atoms with Gasteiger partial charge in [-0.25, -0.2) is 37.5 Å². The maximum Gasteiger partial charge on any atom is 0.427 e. The summed E-state index contributed by atoms with van der Waals surface area (Å²) in [5.74, 6) is -1.83. The fraction of sp³-hybridized carbons (Fsp3) is 0.174. The van der Waals surface area contributed by atoms with Crippen molar-refractivity contribution in [1.29, 1.82) is 0 Å². The van der Waals surface area contributed by atoms with Crippen molar-refractivity contribution in [2.24, 2.45) is 0 Å². The Morgan fingerprint density at radius 3 is 2.39 bits per heavy atom. The summed E-state index contributed by atoms with van der Waals surface area (Å²) in [7, 11) is -4.97. The maximum atomic E-state index is 15.2. The van der Waals surface area contributed by atoms with Crippen LogP contribution in [-0.4, -0.2) is 39.6 Å². The van der Waals surface area contributed by atoms with Gasteiger partial charge in [0, 0.05) is 40.4 Å². The number of anilines is 1. The van der Waals surface area contributed by atoms with Crippen molar-refractivity contribution >= 4 is 56.5 Å². The average molecular weight is 598 g/mol. The number of halogens is 3. The van der Waals surface area contributed by atoms with Gasteiger partial charge < -0.3 is 9.84 Å². The molecular weight excluding hydrogens is 580 g/mol. The normalized spacial score (nSPS) is 11.8. The van der Waals surface area contributed by atoms with Crippen molar-refractivity contribution in [3.05, 3.63) is 69.5 Å². The zero-order valence-corrected chi connectivity index (χ0v) is 23.0. The molecule has 1 aromatic carbocycles. The SMILES string of the molecule is CC(C)(C)c1nc(N(C(=O)O)S(=O)(=O)c2cc(Cl)c(Oc3cnc(Cl)cc3-c3cncnc3)cc2F)cs1. The summed E-state index contributed by atoms with van der Waals surface area (Å²) in [6.45, 7) is 5.50. The van der Waals surface area contributed by atoms with Crippen molar-refractivity contribution in [3.8, 4) is 22.6 Å². The number of aromatic nitrogens is 4. The van der Waals surface area contributed by atoms with Crippen LogP contribution in [-0.2, 0) is 15.4 Å². The number of benzene rings is 1. The third-order valence-corrected chi connectivity index (χ3v) is 8.40. The number of carboxylic acid groups (broad SMARTS) is 1. The molecule has 4 rings (SSSR count). The van der Waals surface area contributed by atoms with E-state index >= 15 is 4.39 Å². The highest BCUT2D eigenvalue weighted by molar-refractivity contribution is 7.93. The second-order valence-corrected chi connectivity index (χ2v) is 12.2. The molecule has 10 nitrogen and oxygen atoms in total. The van der Waals surface area contributed by atoms with Gasteiger partial charge in [0.2, 0.25) is 0 Å². The quantitative estimate of drug-likeness (QED) is 0.250. The van der Waals surface area contributed by atoms with Crippen LogP contribution in [0.1, 0.15) is 25.8 Å². The number of thiazole rings is 1. The smallest absolute Gasteiger partial charge is 0.427 e. The Labute approximate surface area is 230 Å². The van der Waals surface area contributed by atoms with Crippen molar-refractivity contribution in [3.63, 3.8) is 0 Å². The fourth-order valence-electron chi connectivity index (χ4n) is 3.19. The number of nitrogens with zero attached hydrogens (tertiary/aromatic N) is 5. The van der Waals surface area contributed by atoms with Crippen LogP contribution in [0.5, 0.6) is 11.5 Å². The van der Waals surface area contributed by atoms with E-state index in [-0.39, 0.29) is 31.8 Å². The molecule has 0 aliphatic carbocycles. The lowest BCUT2D eigenvalue weighted by Crippen LogP contribution is -2.36. The molecule has 198 valence electrons. The zero-order chi connectivity index (χ0) is 27.8.